The van der Waals surface area contributed by atoms with Gasteiger partial charge in [-0.3, -0.25) is 0 Å². The molecule has 0 aromatic heterocycles. The average molecular weight is 437 g/mol. The Kier molecular flexibility index (Phi) is 7.40. The van der Waals surface area contributed by atoms with E-state index in [-0.39, 0.29) is 5.82 Å². The molecule has 0 aliphatic heterocycles. The maximum Gasteiger partial charge on any atom is 0.160 e. The van der Waals surface area contributed by atoms with Gasteiger partial charge in [0, 0.05) is 5.56 Å². The van der Waals surface area contributed by atoms with E-state index < -0.39 is 11.6 Å². The van der Waals surface area contributed by atoms with Crippen molar-refractivity contribution in [1.29, 1.82) is 0 Å². The molecule has 0 radical (unpaired) electrons. The van der Waals surface area contributed by atoms with Gasteiger partial charge in [0.15, 0.2) is 11.6 Å². The van der Waals surface area contributed by atoms with E-state index in [2.05, 4.69) is 30.9 Å². The highest BCUT2D eigenvalue weighted by molar-refractivity contribution is 5.47. The molecule has 0 bridgehead atoms. The van der Waals surface area contributed by atoms with Crippen LogP contribution in [0.15, 0.2) is 42.5 Å². The van der Waals surface area contributed by atoms with Gasteiger partial charge in [-0.15, -0.1) is 0 Å². The molecule has 0 saturated heterocycles. The van der Waals surface area contributed by atoms with Crippen molar-refractivity contribution in [2.24, 2.45) is 17.8 Å². The van der Waals surface area contributed by atoms with Crippen LogP contribution >= 0.6 is 0 Å². The predicted molar refractivity (Wildman–Crippen MR) is 124 cm³/mol. The fraction of sp³-hybridized carbons (Fsp3) is 0.448. The Morgan fingerprint density at radius 3 is 2.41 bits per heavy atom. The number of allylic oxidation sites excluding steroid dienone is 2. The lowest BCUT2D eigenvalue weighted by Gasteiger charge is -2.36. The van der Waals surface area contributed by atoms with Crippen LogP contribution in [0.25, 0.3) is 0 Å². The molecule has 0 spiro atoms. The molecule has 0 N–H and O–H groups in total. The van der Waals surface area contributed by atoms with E-state index in [4.69, 9.17) is 0 Å². The number of hydrogen-bond acceptors (Lipinski definition) is 0. The summed E-state index contributed by atoms with van der Waals surface area (Å²) in [6.45, 7) is 2.09. The summed E-state index contributed by atoms with van der Waals surface area (Å²) in [5.41, 5.74) is 2.96. The number of fused-ring (bicyclic) bond motifs is 1. The average Bonchev–Trinajstić information content (AvgIpc) is 2.80. The molecule has 1 unspecified atom stereocenters. The third-order valence-corrected chi connectivity index (χ3v) is 7.35. The lowest BCUT2D eigenvalue weighted by Crippen LogP contribution is -2.26. The van der Waals surface area contributed by atoms with Crippen molar-refractivity contribution in [2.45, 2.75) is 64.7 Å². The molecule has 1 atom stereocenters. The van der Waals surface area contributed by atoms with Crippen LogP contribution in [0.4, 0.5) is 13.2 Å². The SMILES string of the molecule is C/C=C/CCC1CCC(C2CCc3cc(C#Cc4ccc(F)c(F)c4)c(F)cc3C2)CC1. The van der Waals surface area contributed by atoms with E-state index >= 15 is 0 Å². The first kappa shape index (κ1) is 22.7. The summed E-state index contributed by atoms with van der Waals surface area (Å²) in [5, 5.41) is 0. The Bertz CT molecular complexity index is 1030. The second-order valence-electron chi connectivity index (χ2n) is 9.41. The molecule has 2 aliphatic rings. The number of aryl methyl sites for hydroxylation is 1. The summed E-state index contributed by atoms with van der Waals surface area (Å²) in [4.78, 5) is 0. The fourth-order valence-corrected chi connectivity index (χ4v) is 5.47. The quantitative estimate of drug-likeness (QED) is 0.339. The van der Waals surface area contributed by atoms with Gasteiger partial charge in [0.25, 0.3) is 0 Å². The standard InChI is InChI=1S/C29H31F3/c1-2-3-4-5-20-6-10-22(11-7-20)23-13-14-24-17-25(28(31)19-26(24)18-23)12-8-21-9-15-27(30)29(32)16-21/h2-3,9,15-17,19-20,22-23H,4-7,10-11,13-14,18H2,1H3/b3-2+. The molecule has 2 aromatic carbocycles. The minimum Gasteiger partial charge on any atom is -0.206 e. The van der Waals surface area contributed by atoms with Crippen molar-refractivity contribution in [1.82, 2.24) is 0 Å². The van der Waals surface area contributed by atoms with Gasteiger partial charge in [-0.2, -0.15) is 0 Å². The van der Waals surface area contributed by atoms with Crippen LogP contribution < -0.4 is 0 Å². The molecule has 0 amide bonds. The Morgan fingerprint density at radius 2 is 1.66 bits per heavy atom. The van der Waals surface area contributed by atoms with Crippen LogP contribution in [0.1, 0.15) is 74.1 Å². The summed E-state index contributed by atoms with van der Waals surface area (Å²) in [5.74, 6) is 5.66. The van der Waals surface area contributed by atoms with E-state index in [0.29, 0.717) is 17.0 Å². The van der Waals surface area contributed by atoms with Crippen molar-refractivity contribution in [3.8, 4) is 11.8 Å². The van der Waals surface area contributed by atoms with Crippen LogP contribution in [-0.2, 0) is 12.8 Å². The van der Waals surface area contributed by atoms with Crippen LogP contribution in [0, 0.1) is 47.0 Å². The minimum absolute atomic E-state index is 0.327. The molecule has 2 aliphatic carbocycles. The van der Waals surface area contributed by atoms with Crippen molar-refractivity contribution in [2.75, 3.05) is 0 Å². The molecule has 2 aromatic rings. The zero-order chi connectivity index (χ0) is 22.5. The van der Waals surface area contributed by atoms with Crippen LogP contribution in [0.5, 0.6) is 0 Å². The largest absolute Gasteiger partial charge is 0.206 e. The van der Waals surface area contributed by atoms with Gasteiger partial charge in [-0.1, -0.05) is 36.8 Å². The molecule has 0 heterocycles. The molecule has 3 heteroatoms. The van der Waals surface area contributed by atoms with Crippen molar-refractivity contribution in [3.05, 3.63) is 82.2 Å². The highest BCUT2D eigenvalue weighted by Gasteiger charge is 2.30. The number of benzene rings is 2. The fourth-order valence-electron chi connectivity index (χ4n) is 5.47. The molecule has 168 valence electrons. The smallest absolute Gasteiger partial charge is 0.160 e. The van der Waals surface area contributed by atoms with Crippen LogP contribution in [-0.4, -0.2) is 0 Å². The van der Waals surface area contributed by atoms with Crippen LogP contribution in [0.3, 0.4) is 0 Å². The van der Waals surface area contributed by atoms with Crippen LogP contribution in [0.2, 0.25) is 0 Å². The molecule has 1 fully saturated rings. The van der Waals surface area contributed by atoms with Gasteiger partial charge >= 0.3 is 0 Å². The van der Waals surface area contributed by atoms with Crippen molar-refractivity contribution in [3.63, 3.8) is 0 Å². The lowest BCUT2D eigenvalue weighted by molar-refractivity contribution is 0.185. The molecule has 0 nitrogen and oxygen atoms in total. The van der Waals surface area contributed by atoms with E-state index in [9.17, 15) is 13.2 Å². The second kappa shape index (κ2) is 10.4. The van der Waals surface area contributed by atoms with E-state index in [1.165, 1.54) is 50.2 Å². The van der Waals surface area contributed by atoms with Gasteiger partial charge in [-0.05, 0) is 111 Å². The maximum absolute atomic E-state index is 14.7. The van der Waals surface area contributed by atoms with Gasteiger partial charge < -0.3 is 0 Å². The first-order valence-electron chi connectivity index (χ1n) is 11.9. The van der Waals surface area contributed by atoms with E-state index in [1.807, 2.05) is 6.07 Å². The Hall–Kier alpha value is -2.47. The zero-order valence-corrected chi connectivity index (χ0v) is 18.8. The summed E-state index contributed by atoms with van der Waals surface area (Å²) in [7, 11) is 0. The zero-order valence-electron chi connectivity index (χ0n) is 18.8. The van der Waals surface area contributed by atoms with Gasteiger partial charge in [-0.25, -0.2) is 13.2 Å². The minimum atomic E-state index is -0.944. The summed E-state index contributed by atoms with van der Waals surface area (Å²) >= 11 is 0. The first-order chi connectivity index (χ1) is 15.5. The van der Waals surface area contributed by atoms with E-state index in [0.717, 1.165) is 48.8 Å². The highest BCUT2D eigenvalue weighted by Crippen LogP contribution is 2.41. The maximum atomic E-state index is 14.7. The van der Waals surface area contributed by atoms with Gasteiger partial charge in [0.2, 0.25) is 0 Å². The van der Waals surface area contributed by atoms with Gasteiger partial charge in [0.1, 0.15) is 5.82 Å². The van der Waals surface area contributed by atoms with E-state index in [1.54, 1.807) is 6.07 Å². The molecular weight excluding hydrogens is 405 g/mol. The summed E-state index contributed by atoms with van der Waals surface area (Å²) < 4.78 is 41.2. The Labute approximate surface area is 189 Å². The monoisotopic (exact) mass is 436 g/mol. The molecule has 1 saturated carbocycles. The topological polar surface area (TPSA) is 0 Å². The third-order valence-electron chi connectivity index (χ3n) is 7.35. The molecule has 4 rings (SSSR count). The normalized spacial score (nSPS) is 22.9. The highest BCUT2D eigenvalue weighted by atomic mass is 19.2. The third kappa shape index (κ3) is 5.47. The Morgan fingerprint density at radius 1 is 0.844 bits per heavy atom. The molecular formula is C29H31F3. The van der Waals surface area contributed by atoms with Gasteiger partial charge in [0.05, 0.1) is 5.56 Å². The summed E-state index contributed by atoms with van der Waals surface area (Å²) in [6, 6.07) is 6.99. The first-order valence-corrected chi connectivity index (χ1v) is 11.9. The number of rotatable bonds is 4. The summed E-state index contributed by atoms with van der Waals surface area (Å²) in [6.07, 6.45) is 15.3. The second-order valence-corrected chi connectivity index (χ2v) is 9.41. The number of halogens is 3. The van der Waals surface area contributed by atoms with Crippen molar-refractivity contribution >= 4 is 0 Å². The number of hydrogen-bond donors (Lipinski definition) is 0. The molecule has 32 heavy (non-hydrogen) atoms. The Balaban J connectivity index is 1.39. The lowest BCUT2D eigenvalue weighted by atomic mass is 9.69. The predicted octanol–water partition coefficient (Wildman–Crippen LogP) is 7.77. The van der Waals surface area contributed by atoms with Crippen molar-refractivity contribution < 1.29 is 13.2 Å².